The summed E-state index contributed by atoms with van der Waals surface area (Å²) in [5, 5.41) is 3.11. The van der Waals surface area contributed by atoms with E-state index in [4.69, 9.17) is 0 Å². The molecule has 134 valence electrons. The van der Waals surface area contributed by atoms with Crippen LogP contribution in [0.5, 0.6) is 0 Å². The molecule has 2 aromatic carbocycles. The zero-order chi connectivity index (χ0) is 18.4. The number of thioether (sulfide) groups is 1. The van der Waals surface area contributed by atoms with Gasteiger partial charge in [0.1, 0.15) is 5.25 Å². The van der Waals surface area contributed by atoms with Gasteiger partial charge < -0.3 is 5.32 Å². The summed E-state index contributed by atoms with van der Waals surface area (Å²) in [6, 6.07) is 19.2. The Balaban J connectivity index is 1.62. The number of amidine groups is 1. The van der Waals surface area contributed by atoms with Crippen molar-refractivity contribution in [3.05, 3.63) is 66.2 Å². The van der Waals surface area contributed by atoms with E-state index < -0.39 is 5.25 Å². The molecular weight excluding hydrogens is 346 g/mol. The third-order valence-electron chi connectivity index (χ3n) is 4.02. The highest BCUT2D eigenvalue weighted by Gasteiger charge is 2.38. The van der Waals surface area contributed by atoms with Crippen molar-refractivity contribution in [1.29, 1.82) is 0 Å². The Morgan fingerprint density at radius 2 is 1.77 bits per heavy atom. The van der Waals surface area contributed by atoms with Gasteiger partial charge in [-0.3, -0.25) is 14.5 Å². The van der Waals surface area contributed by atoms with Crippen LogP contribution in [-0.2, 0) is 16.1 Å². The monoisotopic (exact) mass is 367 g/mol. The van der Waals surface area contributed by atoms with Gasteiger partial charge in [0.05, 0.1) is 5.69 Å². The van der Waals surface area contributed by atoms with Gasteiger partial charge >= 0.3 is 0 Å². The van der Waals surface area contributed by atoms with Crippen molar-refractivity contribution in [2.45, 2.75) is 25.1 Å². The lowest BCUT2D eigenvalue weighted by molar-refractivity contribution is -0.129. The standard InChI is InChI=1S/C20H21N3O2S/c1-2-23-19(25)17(26-20(23)22-16-11-7-4-8-12-16)13-18(24)21-14-15-9-5-3-6-10-15/h3-12,17H,2,13-14H2,1H3,(H,21,24). The van der Waals surface area contributed by atoms with Crippen LogP contribution in [-0.4, -0.2) is 33.7 Å². The summed E-state index contributed by atoms with van der Waals surface area (Å²) in [6.07, 6.45) is 0.153. The van der Waals surface area contributed by atoms with Gasteiger partial charge in [-0.25, -0.2) is 4.99 Å². The molecular formula is C20H21N3O2S. The minimum Gasteiger partial charge on any atom is -0.352 e. The fourth-order valence-corrected chi connectivity index (χ4v) is 3.89. The first-order chi connectivity index (χ1) is 12.7. The Hall–Kier alpha value is -2.60. The van der Waals surface area contributed by atoms with Gasteiger partial charge in [0.25, 0.3) is 0 Å². The first-order valence-electron chi connectivity index (χ1n) is 8.59. The third-order valence-corrected chi connectivity index (χ3v) is 5.20. The molecule has 0 spiro atoms. The summed E-state index contributed by atoms with van der Waals surface area (Å²) in [4.78, 5) is 31.0. The van der Waals surface area contributed by atoms with Gasteiger partial charge in [-0.15, -0.1) is 0 Å². The average Bonchev–Trinajstić information content (AvgIpc) is 2.96. The number of nitrogens with one attached hydrogen (secondary N) is 1. The molecule has 26 heavy (non-hydrogen) atoms. The van der Waals surface area contributed by atoms with Gasteiger partial charge in [-0.1, -0.05) is 60.3 Å². The summed E-state index contributed by atoms with van der Waals surface area (Å²) in [6.45, 7) is 2.92. The van der Waals surface area contributed by atoms with Crippen molar-refractivity contribution in [3.8, 4) is 0 Å². The number of rotatable bonds is 6. The molecule has 1 N–H and O–H groups in total. The molecule has 0 aromatic heterocycles. The van der Waals surface area contributed by atoms with Crippen LogP contribution in [0.15, 0.2) is 65.7 Å². The van der Waals surface area contributed by atoms with Gasteiger partial charge in [0, 0.05) is 19.5 Å². The lowest BCUT2D eigenvalue weighted by Crippen LogP contribution is -2.34. The van der Waals surface area contributed by atoms with E-state index in [0.29, 0.717) is 18.3 Å². The van der Waals surface area contributed by atoms with E-state index in [9.17, 15) is 9.59 Å². The minimum atomic E-state index is -0.423. The Labute approximate surface area is 157 Å². The molecule has 2 aromatic rings. The first kappa shape index (κ1) is 18.2. The highest BCUT2D eigenvalue weighted by Crippen LogP contribution is 2.31. The molecule has 3 rings (SSSR count). The molecule has 2 amide bonds. The number of para-hydroxylation sites is 1. The molecule has 0 saturated carbocycles. The van der Waals surface area contributed by atoms with Crippen LogP contribution in [0, 0.1) is 0 Å². The van der Waals surface area contributed by atoms with Crippen LogP contribution >= 0.6 is 11.8 Å². The Morgan fingerprint density at radius 1 is 1.12 bits per heavy atom. The molecule has 1 aliphatic heterocycles. The Morgan fingerprint density at radius 3 is 2.42 bits per heavy atom. The number of amides is 2. The van der Waals surface area contributed by atoms with Crippen molar-refractivity contribution in [2.24, 2.45) is 4.99 Å². The second-order valence-corrected chi connectivity index (χ2v) is 7.06. The molecule has 0 bridgehead atoms. The van der Waals surface area contributed by atoms with Gasteiger partial charge in [0.15, 0.2) is 5.17 Å². The normalized spacial score (nSPS) is 18.3. The first-order valence-corrected chi connectivity index (χ1v) is 9.47. The summed E-state index contributed by atoms with van der Waals surface area (Å²) < 4.78 is 0. The van der Waals surface area contributed by atoms with Crippen LogP contribution in [0.4, 0.5) is 5.69 Å². The number of hydrogen-bond donors (Lipinski definition) is 1. The third kappa shape index (κ3) is 4.52. The van der Waals surface area contributed by atoms with E-state index in [1.165, 1.54) is 11.8 Å². The summed E-state index contributed by atoms with van der Waals surface area (Å²) in [5.41, 5.74) is 1.84. The fourth-order valence-electron chi connectivity index (χ4n) is 2.67. The average molecular weight is 367 g/mol. The van der Waals surface area contributed by atoms with Crippen molar-refractivity contribution >= 4 is 34.4 Å². The molecule has 1 unspecified atom stereocenters. The maximum absolute atomic E-state index is 12.6. The highest BCUT2D eigenvalue weighted by atomic mass is 32.2. The molecule has 1 saturated heterocycles. The largest absolute Gasteiger partial charge is 0.352 e. The molecule has 0 aliphatic carbocycles. The lowest BCUT2D eigenvalue weighted by Gasteiger charge is -2.13. The van der Waals surface area contributed by atoms with E-state index in [2.05, 4.69) is 10.3 Å². The number of carbonyl (C=O) groups excluding carboxylic acids is 2. The number of aliphatic imine (C=N–C) groups is 1. The van der Waals surface area contributed by atoms with E-state index in [-0.39, 0.29) is 18.2 Å². The van der Waals surface area contributed by atoms with Gasteiger partial charge in [0.2, 0.25) is 11.8 Å². The van der Waals surface area contributed by atoms with Crippen molar-refractivity contribution in [1.82, 2.24) is 10.2 Å². The molecule has 0 radical (unpaired) electrons. The molecule has 5 nitrogen and oxygen atoms in total. The van der Waals surface area contributed by atoms with E-state index in [1.54, 1.807) is 4.90 Å². The maximum Gasteiger partial charge on any atom is 0.242 e. The SMILES string of the molecule is CCN1C(=O)C(CC(=O)NCc2ccccc2)SC1=Nc1ccccc1. The zero-order valence-corrected chi connectivity index (χ0v) is 15.4. The lowest BCUT2D eigenvalue weighted by atomic mass is 10.2. The number of benzene rings is 2. The Bertz CT molecular complexity index is 793. The molecule has 1 heterocycles. The van der Waals surface area contributed by atoms with Crippen LogP contribution in [0.1, 0.15) is 18.9 Å². The summed E-state index contributed by atoms with van der Waals surface area (Å²) in [7, 11) is 0. The predicted molar refractivity (Wildman–Crippen MR) is 105 cm³/mol. The van der Waals surface area contributed by atoms with E-state index >= 15 is 0 Å². The zero-order valence-electron chi connectivity index (χ0n) is 14.6. The Kier molecular flexibility index (Phi) is 6.07. The smallest absolute Gasteiger partial charge is 0.242 e. The molecule has 6 heteroatoms. The van der Waals surface area contributed by atoms with Gasteiger partial charge in [-0.2, -0.15) is 0 Å². The molecule has 1 fully saturated rings. The highest BCUT2D eigenvalue weighted by molar-refractivity contribution is 8.15. The summed E-state index contributed by atoms with van der Waals surface area (Å²) >= 11 is 1.36. The van der Waals surface area contributed by atoms with Crippen LogP contribution in [0.2, 0.25) is 0 Å². The number of hydrogen-bond acceptors (Lipinski definition) is 4. The topological polar surface area (TPSA) is 61.8 Å². The fraction of sp³-hybridized carbons (Fsp3) is 0.250. The summed E-state index contributed by atoms with van der Waals surface area (Å²) in [5.74, 6) is -0.182. The van der Waals surface area contributed by atoms with Crippen molar-refractivity contribution in [2.75, 3.05) is 6.54 Å². The number of nitrogens with zero attached hydrogens (tertiary/aromatic N) is 2. The van der Waals surface area contributed by atoms with E-state index in [0.717, 1.165) is 11.3 Å². The van der Waals surface area contributed by atoms with Gasteiger partial charge in [-0.05, 0) is 24.6 Å². The number of carbonyl (C=O) groups is 2. The van der Waals surface area contributed by atoms with E-state index in [1.807, 2.05) is 67.6 Å². The van der Waals surface area contributed by atoms with Crippen LogP contribution < -0.4 is 5.32 Å². The quantitative estimate of drug-likeness (QED) is 0.852. The second kappa shape index (κ2) is 8.67. The molecule has 1 aliphatic rings. The maximum atomic E-state index is 12.6. The van der Waals surface area contributed by atoms with Crippen molar-refractivity contribution in [3.63, 3.8) is 0 Å². The predicted octanol–water partition coefficient (Wildman–Crippen LogP) is 3.34. The van der Waals surface area contributed by atoms with Crippen LogP contribution in [0.3, 0.4) is 0 Å². The van der Waals surface area contributed by atoms with Crippen LogP contribution in [0.25, 0.3) is 0 Å². The van der Waals surface area contributed by atoms with Crippen molar-refractivity contribution < 1.29 is 9.59 Å². The second-order valence-electron chi connectivity index (χ2n) is 5.89. The molecule has 1 atom stereocenters. The minimum absolute atomic E-state index is 0.0537.